The molecule has 0 aliphatic heterocycles. The molecule has 1 fully saturated rings. The summed E-state index contributed by atoms with van der Waals surface area (Å²) in [6, 6.07) is 3.62. The van der Waals surface area contributed by atoms with E-state index in [1.54, 1.807) is 17.1 Å². The van der Waals surface area contributed by atoms with E-state index in [2.05, 4.69) is 20.4 Å². The lowest BCUT2D eigenvalue weighted by Crippen LogP contribution is -2.07. The molecule has 20 heavy (non-hydrogen) atoms. The van der Waals surface area contributed by atoms with Crippen molar-refractivity contribution >= 4 is 11.5 Å². The monoisotopic (exact) mass is 274 g/mol. The highest BCUT2D eigenvalue weighted by molar-refractivity contribution is 5.53. The highest BCUT2D eigenvalue weighted by atomic mass is 16.5. The lowest BCUT2D eigenvalue weighted by molar-refractivity contribution is 0.290. The third-order valence-corrected chi connectivity index (χ3v) is 3.12. The predicted octanol–water partition coefficient (Wildman–Crippen LogP) is 1.19. The Hall–Kier alpha value is -2.31. The van der Waals surface area contributed by atoms with Crippen molar-refractivity contribution in [3.8, 4) is 5.88 Å². The van der Waals surface area contributed by atoms with Crippen LogP contribution in [0.4, 0.5) is 11.5 Å². The van der Waals surface area contributed by atoms with Gasteiger partial charge in [-0.1, -0.05) is 0 Å². The van der Waals surface area contributed by atoms with E-state index in [4.69, 9.17) is 10.5 Å². The number of anilines is 2. The standard InChI is InChI=1S/C13H18N6O/c1-19-8-16-12(18-19)6-15-11-5-4-10(14)13(17-11)20-7-9-2-3-9/h4-5,8-9H,2-3,6-7,14H2,1H3,(H,15,17). The molecule has 1 aliphatic carbocycles. The molecule has 0 saturated heterocycles. The maximum atomic E-state index is 5.86. The SMILES string of the molecule is Cn1cnc(CNc2ccc(N)c(OCC3CC3)n2)n1. The van der Waals surface area contributed by atoms with Gasteiger partial charge in [-0.2, -0.15) is 10.1 Å². The smallest absolute Gasteiger partial charge is 0.239 e. The zero-order valence-electron chi connectivity index (χ0n) is 11.4. The molecule has 2 aromatic heterocycles. The summed E-state index contributed by atoms with van der Waals surface area (Å²) in [5.41, 5.74) is 6.43. The van der Waals surface area contributed by atoms with Crippen LogP contribution in [0.1, 0.15) is 18.7 Å². The molecule has 3 rings (SSSR count). The van der Waals surface area contributed by atoms with Crippen molar-refractivity contribution in [3.05, 3.63) is 24.3 Å². The molecule has 0 aromatic carbocycles. The van der Waals surface area contributed by atoms with Crippen molar-refractivity contribution in [2.45, 2.75) is 19.4 Å². The Labute approximate surface area is 117 Å². The second-order valence-corrected chi connectivity index (χ2v) is 5.03. The van der Waals surface area contributed by atoms with Crippen molar-refractivity contribution in [3.63, 3.8) is 0 Å². The Bertz CT molecular complexity index is 592. The molecule has 7 nitrogen and oxygen atoms in total. The van der Waals surface area contributed by atoms with Crippen molar-refractivity contribution < 1.29 is 4.74 Å². The fraction of sp³-hybridized carbons (Fsp3) is 0.462. The van der Waals surface area contributed by atoms with Gasteiger partial charge in [0.15, 0.2) is 5.82 Å². The second kappa shape index (κ2) is 5.36. The number of aryl methyl sites for hydroxylation is 1. The molecule has 7 heteroatoms. The molecular weight excluding hydrogens is 256 g/mol. The lowest BCUT2D eigenvalue weighted by Gasteiger charge is -2.09. The lowest BCUT2D eigenvalue weighted by atomic mass is 10.4. The van der Waals surface area contributed by atoms with E-state index in [-0.39, 0.29) is 0 Å². The van der Waals surface area contributed by atoms with Crippen molar-refractivity contribution in [2.75, 3.05) is 17.7 Å². The van der Waals surface area contributed by atoms with Crippen molar-refractivity contribution in [1.82, 2.24) is 19.7 Å². The summed E-state index contributed by atoms with van der Waals surface area (Å²) in [4.78, 5) is 8.52. The highest BCUT2D eigenvalue weighted by Crippen LogP contribution is 2.30. The van der Waals surface area contributed by atoms with Gasteiger partial charge in [0.2, 0.25) is 5.88 Å². The van der Waals surface area contributed by atoms with E-state index in [1.807, 2.05) is 13.1 Å². The van der Waals surface area contributed by atoms with Crippen LogP contribution in [-0.2, 0) is 13.6 Å². The van der Waals surface area contributed by atoms with E-state index in [0.29, 0.717) is 42.3 Å². The van der Waals surface area contributed by atoms with Gasteiger partial charge < -0.3 is 15.8 Å². The Kier molecular flexibility index (Phi) is 3.41. The first kappa shape index (κ1) is 12.7. The number of ether oxygens (including phenoxy) is 1. The van der Waals surface area contributed by atoms with E-state index < -0.39 is 0 Å². The number of rotatable bonds is 6. The number of nitrogens with two attached hydrogens (primary N) is 1. The first-order valence-corrected chi connectivity index (χ1v) is 6.68. The average Bonchev–Trinajstić information content (AvgIpc) is 3.18. The summed E-state index contributed by atoms with van der Waals surface area (Å²) >= 11 is 0. The van der Waals surface area contributed by atoms with Gasteiger partial charge in [-0.05, 0) is 30.9 Å². The van der Waals surface area contributed by atoms with Crippen LogP contribution in [0.2, 0.25) is 0 Å². The zero-order chi connectivity index (χ0) is 13.9. The molecule has 1 saturated carbocycles. The molecule has 0 radical (unpaired) electrons. The maximum Gasteiger partial charge on any atom is 0.239 e. The fourth-order valence-corrected chi connectivity index (χ4v) is 1.78. The number of pyridine rings is 1. The van der Waals surface area contributed by atoms with Crippen LogP contribution in [0.15, 0.2) is 18.5 Å². The van der Waals surface area contributed by atoms with E-state index in [0.717, 1.165) is 0 Å². The van der Waals surface area contributed by atoms with Gasteiger partial charge in [-0.25, -0.2) is 4.98 Å². The molecule has 1 aliphatic rings. The number of nitrogens with zero attached hydrogens (tertiary/aromatic N) is 4. The largest absolute Gasteiger partial charge is 0.476 e. The summed E-state index contributed by atoms with van der Waals surface area (Å²) in [6.07, 6.45) is 4.14. The normalized spacial score (nSPS) is 14.2. The van der Waals surface area contributed by atoms with E-state index in [9.17, 15) is 0 Å². The topological polar surface area (TPSA) is 90.9 Å². The van der Waals surface area contributed by atoms with Crippen LogP contribution in [0.5, 0.6) is 5.88 Å². The Morgan fingerprint density at radius 3 is 3.00 bits per heavy atom. The van der Waals surface area contributed by atoms with E-state index in [1.165, 1.54) is 12.8 Å². The summed E-state index contributed by atoms with van der Waals surface area (Å²) in [7, 11) is 1.84. The maximum absolute atomic E-state index is 5.86. The minimum Gasteiger partial charge on any atom is -0.476 e. The number of hydrogen-bond acceptors (Lipinski definition) is 6. The molecular formula is C13H18N6O. The Morgan fingerprint density at radius 2 is 2.30 bits per heavy atom. The van der Waals surface area contributed by atoms with Gasteiger partial charge in [-0.3, -0.25) is 4.68 Å². The Balaban J connectivity index is 1.61. The van der Waals surface area contributed by atoms with Crippen LogP contribution >= 0.6 is 0 Å². The molecule has 2 heterocycles. The minimum absolute atomic E-state index is 0.496. The summed E-state index contributed by atoms with van der Waals surface area (Å²) in [5.74, 6) is 2.59. The van der Waals surface area contributed by atoms with Crippen LogP contribution in [0, 0.1) is 5.92 Å². The fourth-order valence-electron chi connectivity index (χ4n) is 1.78. The van der Waals surface area contributed by atoms with Crippen molar-refractivity contribution in [1.29, 1.82) is 0 Å². The van der Waals surface area contributed by atoms with Gasteiger partial charge in [0.25, 0.3) is 0 Å². The minimum atomic E-state index is 0.496. The average molecular weight is 274 g/mol. The molecule has 0 bridgehead atoms. The van der Waals surface area contributed by atoms with Crippen LogP contribution in [0.25, 0.3) is 0 Å². The predicted molar refractivity (Wildman–Crippen MR) is 75.2 cm³/mol. The Morgan fingerprint density at radius 1 is 1.45 bits per heavy atom. The number of nitrogen functional groups attached to an aromatic ring is 1. The molecule has 106 valence electrons. The quantitative estimate of drug-likeness (QED) is 0.822. The second-order valence-electron chi connectivity index (χ2n) is 5.03. The van der Waals surface area contributed by atoms with E-state index >= 15 is 0 Å². The summed E-state index contributed by atoms with van der Waals surface area (Å²) in [6.45, 7) is 1.21. The van der Waals surface area contributed by atoms with Crippen LogP contribution < -0.4 is 15.8 Å². The zero-order valence-corrected chi connectivity index (χ0v) is 11.4. The van der Waals surface area contributed by atoms with Crippen molar-refractivity contribution in [2.24, 2.45) is 13.0 Å². The first-order chi connectivity index (χ1) is 9.70. The van der Waals surface area contributed by atoms with Gasteiger partial charge in [0.1, 0.15) is 12.1 Å². The van der Waals surface area contributed by atoms with Gasteiger partial charge in [-0.15, -0.1) is 0 Å². The van der Waals surface area contributed by atoms with Crippen LogP contribution in [0.3, 0.4) is 0 Å². The molecule has 0 unspecified atom stereocenters. The number of nitrogens with one attached hydrogen (secondary N) is 1. The molecule has 3 N–H and O–H groups in total. The van der Waals surface area contributed by atoms with Gasteiger partial charge in [0, 0.05) is 7.05 Å². The van der Waals surface area contributed by atoms with Gasteiger partial charge in [0.05, 0.1) is 18.8 Å². The first-order valence-electron chi connectivity index (χ1n) is 6.68. The number of hydrogen-bond donors (Lipinski definition) is 2. The third-order valence-electron chi connectivity index (χ3n) is 3.12. The molecule has 2 aromatic rings. The number of aromatic nitrogens is 4. The third kappa shape index (κ3) is 3.17. The highest BCUT2D eigenvalue weighted by Gasteiger charge is 2.22. The molecule has 0 spiro atoms. The summed E-state index contributed by atoms with van der Waals surface area (Å²) < 4.78 is 7.31. The van der Waals surface area contributed by atoms with Gasteiger partial charge >= 0.3 is 0 Å². The molecule has 0 amide bonds. The summed E-state index contributed by atoms with van der Waals surface area (Å²) in [5, 5.41) is 7.35. The van der Waals surface area contributed by atoms with Crippen LogP contribution in [-0.4, -0.2) is 26.4 Å². The molecule has 0 atom stereocenters.